The van der Waals surface area contributed by atoms with Gasteiger partial charge >= 0.3 is 25.2 Å². The van der Waals surface area contributed by atoms with Crippen molar-refractivity contribution in [2.75, 3.05) is 39.5 Å². The molecule has 0 saturated carbocycles. The molecule has 1 unspecified atom stereocenters. The van der Waals surface area contributed by atoms with Gasteiger partial charge in [-0.2, -0.15) is 4.79 Å². The summed E-state index contributed by atoms with van der Waals surface area (Å²) in [6.07, 6.45) is 3.36. The zero-order chi connectivity index (χ0) is 14.4. The van der Waals surface area contributed by atoms with Crippen LogP contribution in [0.4, 0.5) is 0 Å². The summed E-state index contributed by atoms with van der Waals surface area (Å²) in [6.45, 7) is 8.01. The fraction of sp³-hybridized carbons (Fsp3) is 0.643. The molecule has 118 valence electrons. The molecule has 2 rings (SSSR count). The van der Waals surface area contributed by atoms with E-state index < -0.39 is 0 Å². The third kappa shape index (κ3) is 5.18. The second-order valence-corrected chi connectivity index (χ2v) is 4.49. The third-order valence-corrected chi connectivity index (χ3v) is 3.25. The van der Waals surface area contributed by atoms with Gasteiger partial charge in [-0.25, -0.2) is 0 Å². The van der Waals surface area contributed by atoms with Crippen molar-refractivity contribution < 1.29 is 38.5 Å². The van der Waals surface area contributed by atoms with Gasteiger partial charge in [-0.1, -0.05) is 0 Å². The predicted octanol–water partition coefficient (Wildman–Crippen LogP) is 1.63. The van der Waals surface area contributed by atoms with Crippen molar-refractivity contribution >= 4 is 18.1 Å². The Bertz CT molecular complexity index is 458. The Hall–Kier alpha value is -0.707. The first-order valence-electron chi connectivity index (χ1n) is 7.03. The van der Waals surface area contributed by atoms with Gasteiger partial charge in [0, 0.05) is 19.7 Å². The van der Waals surface area contributed by atoms with Crippen molar-refractivity contribution in [3.05, 3.63) is 29.1 Å². The van der Waals surface area contributed by atoms with Gasteiger partial charge in [0.15, 0.2) is 6.10 Å². The van der Waals surface area contributed by atoms with E-state index in [2.05, 4.69) is 9.69 Å². The second-order valence-electron chi connectivity index (χ2n) is 4.49. The molecule has 6 nitrogen and oxygen atoms in total. The molecule has 0 N–H and O–H groups in total. The molecule has 0 spiro atoms. The normalized spacial score (nSPS) is 20.9. The zero-order valence-electron chi connectivity index (χ0n) is 13.2. The zero-order valence-corrected chi connectivity index (χ0v) is 16.9. The van der Waals surface area contributed by atoms with Gasteiger partial charge in [0.25, 0.3) is 0 Å². The van der Waals surface area contributed by atoms with Crippen LogP contribution in [0.2, 0.25) is 0 Å². The summed E-state index contributed by atoms with van der Waals surface area (Å²) in [6, 6.07) is 0. The number of hydrogen-bond donors (Lipinski definition) is 0. The van der Waals surface area contributed by atoms with Gasteiger partial charge in [-0.15, -0.1) is 12.4 Å². The van der Waals surface area contributed by atoms with Crippen LogP contribution in [0, 0.1) is 0 Å². The van der Waals surface area contributed by atoms with Crippen LogP contribution in [-0.4, -0.2) is 61.0 Å². The van der Waals surface area contributed by atoms with E-state index in [1.807, 2.05) is 19.9 Å². The Labute approximate surface area is 150 Å². The molecule has 2 aliphatic rings. The van der Waals surface area contributed by atoms with E-state index >= 15 is 0 Å². The maximum Gasteiger partial charge on any atom is 2.00 e. The van der Waals surface area contributed by atoms with E-state index in [0.717, 1.165) is 24.5 Å². The molecule has 0 bridgehead atoms. The smallest absolute Gasteiger partial charge is 0.491 e. The van der Waals surface area contributed by atoms with Crippen molar-refractivity contribution in [3.63, 3.8) is 0 Å². The molecule has 1 aliphatic carbocycles. The summed E-state index contributed by atoms with van der Waals surface area (Å²) in [5, 5.41) is 0. The third-order valence-electron chi connectivity index (χ3n) is 3.25. The average Bonchev–Trinajstić information content (AvgIpc) is 2.49. The van der Waals surface area contributed by atoms with E-state index in [1.165, 1.54) is 0 Å². The molecule has 0 aromatic heterocycles. The molecule has 1 atom stereocenters. The number of ether oxygens (including phenoxy) is 3. The summed E-state index contributed by atoms with van der Waals surface area (Å²) in [5.41, 5.74) is 10.6. The Morgan fingerprint density at radius 1 is 1.32 bits per heavy atom. The Morgan fingerprint density at radius 3 is 2.55 bits per heavy atom. The number of morpholine rings is 1. The minimum absolute atomic E-state index is 0. The molecular weight excluding hydrogens is 359 g/mol. The fourth-order valence-electron chi connectivity index (χ4n) is 2.34. The summed E-state index contributed by atoms with van der Waals surface area (Å²) in [4.78, 5) is 5.52. The van der Waals surface area contributed by atoms with Gasteiger partial charge in [-0.3, -0.25) is 0 Å². The van der Waals surface area contributed by atoms with Crippen LogP contribution in [0.5, 0.6) is 0 Å². The van der Waals surface area contributed by atoms with Crippen LogP contribution >= 0.6 is 12.4 Å². The average molecular weight is 381 g/mol. The first kappa shape index (κ1) is 21.3. The van der Waals surface area contributed by atoms with Crippen LogP contribution in [0.1, 0.15) is 13.8 Å². The fourth-order valence-corrected chi connectivity index (χ4v) is 2.34. The quantitative estimate of drug-likeness (QED) is 0.413. The molecule has 1 saturated heterocycles. The van der Waals surface area contributed by atoms with E-state index in [-0.39, 0.29) is 38.0 Å². The molecule has 0 aromatic carbocycles. The monoisotopic (exact) mass is 379 g/mol. The van der Waals surface area contributed by atoms with Crippen LogP contribution in [-0.2, 0) is 33.7 Å². The van der Waals surface area contributed by atoms with Crippen LogP contribution in [0.3, 0.4) is 0 Å². The van der Waals surface area contributed by atoms with E-state index in [9.17, 15) is 0 Å². The maximum absolute atomic E-state index is 9.12. The first-order chi connectivity index (χ1) is 9.80. The Kier molecular flexibility index (Phi) is 10.6. The number of hydrogen-bond acceptors (Lipinski definition) is 4. The first-order valence-corrected chi connectivity index (χ1v) is 7.03. The van der Waals surface area contributed by atoms with Crippen molar-refractivity contribution in [1.82, 2.24) is 4.90 Å². The molecule has 1 aliphatic heterocycles. The van der Waals surface area contributed by atoms with Gasteiger partial charge in [0.1, 0.15) is 5.76 Å². The van der Waals surface area contributed by atoms with Crippen molar-refractivity contribution in [1.29, 1.82) is 0 Å². The van der Waals surface area contributed by atoms with Crippen LogP contribution in [0.15, 0.2) is 23.6 Å². The molecule has 1 heterocycles. The van der Waals surface area contributed by atoms with E-state index in [4.69, 9.17) is 19.7 Å². The predicted molar refractivity (Wildman–Crippen MR) is 81.5 cm³/mol. The van der Waals surface area contributed by atoms with Crippen molar-refractivity contribution in [2.45, 2.75) is 20.0 Å². The summed E-state index contributed by atoms with van der Waals surface area (Å²) in [5.74, 6) is 0.721. The van der Waals surface area contributed by atoms with Crippen LogP contribution < -0.4 is 0 Å². The summed E-state index contributed by atoms with van der Waals surface area (Å²) in [7, 11) is 0. The molecule has 0 amide bonds. The molecular formula is C14H22ClN3O3Zn+2. The summed E-state index contributed by atoms with van der Waals surface area (Å²) >= 11 is 0. The van der Waals surface area contributed by atoms with Crippen molar-refractivity contribution in [2.24, 2.45) is 0 Å². The molecule has 8 heteroatoms. The SMILES string of the molecule is CCOC1=CC(=[N+]=[N-])C(OCC)C=C1N1CCOCC1.Cl.[Zn+2]. The van der Waals surface area contributed by atoms with E-state index in [0.29, 0.717) is 32.1 Å². The standard InChI is InChI=1S/C14H21N3O3.ClH.Zn/c1-3-19-13-10-12(17-5-7-18-8-6-17)14(20-4-2)9-11(13)16-15;;/h9-10,13H,3-8H2,1-2H3;1H;/q;;+2. The molecule has 0 radical (unpaired) electrons. The largest absolute Gasteiger partial charge is 2.00 e. The minimum Gasteiger partial charge on any atom is -0.491 e. The van der Waals surface area contributed by atoms with E-state index in [1.54, 1.807) is 6.08 Å². The Morgan fingerprint density at radius 2 is 2.00 bits per heavy atom. The van der Waals surface area contributed by atoms with Crippen molar-refractivity contribution in [3.8, 4) is 0 Å². The van der Waals surface area contributed by atoms with Gasteiger partial charge in [0.05, 0.1) is 31.6 Å². The number of halogens is 1. The number of nitrogens with zero attached hydrogens (tertiary/aromatic N) is 3. The van der Waals surface area contributed by atoms with Crippen LogP contribution in [0.25, 0.3) is 5.53 Å². The maximum atomic E-state index is 9.12. The minimum atomic E-state index is -0.341. The molecule has 1 fully saturated rings. The molecule has 0 aromatic rings. The molecule has 22 heavy (non-hydrogen) atoms. The topological polar surface area (TPSA) is 67.3 Å². The Balaban J connectivity index is 0.00000220. The van der Waals surface area contributed by atoms with Gasteiger partial charge in [0.2, 0.25) is 0 Å². The van der Waals surface area contributed by atoms with Gasteiger partial charge in [-0.05, 0) is 19.9 Å². The number of rotatable bonds is 5. The summed E-state index contributed by atoms with van der Waals surface area (Å²) < 4.78 is 16.7. The second kappa shape index (κ2) is 10.9. The van der Waals surface area contributed by atoms with Gasteiger partial charge < -0.3 is 24.6 Å².